The second-order valence-electron chi connectivity index (χ2n) is 9.66. The van der Waals surface area contributed by atoms with Gasteiger partial charge in [0.1, 0.15) is 6.07 Å². The van der Waals surface area contributed by atoms with Crippen LogP contribution in [-0.2, 0) is 6.54 Å². The number of rotatable bonds is 5. The van der Waals surface area contributed by atoms with Crippen molar-refractivity contribution >= 4 is 22.5 Å². The van der Waals surface area contributed by atoms with Crippen LogP contribution in [0.4, 0.5) is 11.6 Å². The first-order chi connectivity index (χ1) is 16.6. The van der Waals surface area contributed by atoms with Crippen molar-refractivity contribution in [2.75, 3.05) is 42.5 Å². The third-order valence-electron chi connectivity index (χ3n) is 6.81. The van der Waals surface area contributed by atoms with Crippen LogP contribution in [0.25, 0.3) is 10.9 Å². The zero-order valence-electron chi connectivity index (χ0n) is 19.9. The number of anilines is 2. The summed E-state index contributed by atoms with van der Waals surface area (Å²) in [4.78, 5) is 18.4. The Labute approximate surface area is 201 Å². The first-order valence-electron chi connectivity index (χ1n) is 12.2. The molecule has 4 heterocycles. The van der Waals surface area contributed by atoms with E-state index in [2.05, 4.69) is 67.4 Å². The molecule has 2 N–H and O–H groups in total. The third kappa shape index (κ3) is 4.81. The average Bonchev–Trinajstić information content (AvgIpc) is 2.87. The lowest BCUT2D eigenvalue weighted by atomic mass is 9.94. The van der Waals surface area contributed by atoms with Crippen molar-refractivity contribution in [3.63, 3.8) is 0 Å². The predicted octanol–water partition coefficient (Wildman–Crippen LogP) is 2.70. The Morgan fingerprint density at radius 1 is 1.09 bits per heavy atom. The molecule has 3 atom stereocenters. The highest BCUT2D eigenvalue weighted by molar-refractivity contribution is 5.95. The average molecular weight is 457 g/mol. The second kappa shape index (κ2) is 9.92. The highest BCUT2D eigenvalue weighted by atomic mass is 15.3. The molecular weight excluding hydrogens is 424 g/mol. The maximum Gasteiger partial charge on any atom is 0.225 e. The number of fused-ring (bicyclic) bond motifs is 1. The molecule has 0 amide bonds. The maximum atomic E-state index is 9.47. The quantitative estimate of drug-likeness (QED) is 0.605. The number of piperazine rings is 1. The minimum absolute atomic E-state index is 0.361. The molecule has 2 aliphatic rings. The highest BCUT2D eigenvalue weighted by Crippen LogP contribution is 2.31. The largest absolute Gasteiger partial charge is 0.369 e. The van der Waals surface area contributed by atoms with E-state index in [1.165, 1.54) is 0 Å². The summed E-state index contributed by atoms with van der Waals surface area (Å²) in [5, 5.41) is 17.7. The van der Waals surface area contributed by atoms with Crippen molar-refractivity contribution in [3.8, 4) is 6.07 Å². The fourth-order valence-corrected chi connectivity index (χ4v) is 5.20. The van der Waals surface area contributed by atoms with Gasteiger partial charge in [-0.25, -0.2) is 9.97 Å². The number of nitrogens with one attached hydrogen (secondary N) is 2. The lowest BCUT2D eigenvalue weighted by Gasteiger charge is -2.39. The molecule has 0 bridgehead atoms. The number of pyridine rings is 1. The molecule has 2 saturated heterocycles. The first kappa shape index (κ1) is 22.5. The smallest absolute Gasteiger partial charge is 0.225 e. The van der Waals surface area contributed by atoms with E-state index in [1.807, 2.05) is 24.5 Å². The van der Waals surface area contributed by atoms with Gasteiger partial charge in [-0.15, -0.1) is 0 Å². The van der Waals surface area contributed by atoms with E-state index in [1.54, 1.807) is 6.20 Å². The molecule has 0 spiro atoms. The van der Waals surface area contributed by atoms with Crippen molar-refractivity contribution in [2.24, 2.45) is 5.92 Å². The van der Waals surface area contributed by atoms with Crippen LogP contribution >= 0.6 is 0 Å². The van der Waals surface area contributed by atoms with Crippen LogP contribution in [0.15, 0.2) is 42.9 Å². The lowest BCUT2D eigenvalue weighted by molar-refractivity contribution is 0.350. The fraction of sp³-hybridized carbons (Fsp3) is 0.462. The van der Waals surface area contributed by atoms with Gasteiger partial charge in [0, 0.05) is 86.6 Å². The van der Waals surface area contributed by atoms with Gasteiger partial charge in [0.2, 0.25) is 5.95 Å². The van der Waals surface area contributed by atoms with Crippen LogP contribution in [0.3, 0.4) is 0 Å². The maximum absolute atomic E-state index is 9.47. The monoisotopic (exact) mass is 456 g/mol. The Balaban J connectivity index is 1.25. The molecule has 2 aliphatic heterocycles. The van der Waals surface area contributed by atoms with E-state index in [4.69, 9.17) is 0 Å². The van der Waals surface area contributed by atoms with Gasteiger partial charge in [-0.2, -0.15) is 5.26 Å². The Bertz CT molecular complexity index is 1170. The van der Waals surface area contributed by atoms with Gasteiger partial charge < -0.3 is 20.4 Å². The SMILES string of the molecule is C[C@H]1C[C@@H](NCc2cnc(N3CCN[C@@H](C)C3)nc2)CN(c2ccc(C#N)c3ncccc23)C1. The zero-order valence-corrected chi connectivity index (χ0v) is 19.9. The number of aromatic nitrogens is 3. The molecule has 0 saturated carbocycles. The third-order valence-corrected chi connectivity index (χ3v) is 6.81. The van der Waals surface area contributed by atoms with Crippen molar-refractivity contribution in [1.29, 1.82) is 5.26 Å². The Morgan fingerprint density at radius 3 is 2.74 bits per heavy atom. The van der Waals surface area contributed by atoms with E-state index in [0.29, 0.717) is 23.6 Å². The lowest BCUT2D eigenvalue weighted by Crippen LogP contribution is -2.49. The van der Waals surface area contributed by atoms with E-state index < -0.39 is 0 Å². The molecule has 2 fully saturated rings. The predicted molar refractivity (Wildman–Crippen MR) is 135 cm³/mol. The standard InChI is InChI=1S/C26H32N8/c1-18-10-22(30-12-20-13-31-26(32-14-20)33-9-8-28-19(2)16-33)17-34(15-18)24-6-5-21(11-27)25-23(24)4-3-7-29-25/h3-7,13-14,18-19,22,28,30H,8-10,12,15-17H2,1-2H3/t18-,19-,22+/m0/s1. The molecule has 8 heteroatoms. The summed E-state index contributed by atoms with van der Waals surface area (Å²) in [6, 6.07) is 11.1. The van der Waals surface area contributed by atoms with Gasteiger partial charge in [-0.1, -0.05) is 6.92 Å². The summed E-state index contributed by atoms with van der Waals surface area (Å²) in [6.45, 7) is 10.00. The van der Waals surface area contributed by atoms with Gasteiger partial charge in [-0.3, -0.25) is 4.98 Å². The Kier molecular flexibility index (Phi) is 6.57. The second-order valence-corrected chi connectivity index (χ2v) is 9.66. The number of nitrogens with zero attached hydrogens (tertiary/aromatic N) is 6. The van der Waals surface area contributed by atoms with Gasteiger partial charge in [0.25, 0.3) is 0 Å². The molecule has 1 aromatic carbocycles. The Hall–Kier alpha value is -3.28. The van der Waals surface area contributed by atoms with Crippen LogP contribution in [0.5, 0.6) is 0 Å². The molecule has 0 aliphatic carbocycles. The number of hydrogen-bond donors (Lipinski definition) is 2. The normalized spacial score (nSPS) is 23.1. The summed E-state index contributed by atoms with van der Waals surface area (Å²) in [6.07, 6.45) is 6.78. The van der Waals surface area contributed by atoms with Crippen LogP contribution in [0.1, 0.15) is 31.4 Å². The van der Waals surface area contributed by atoms with Crippen molar-refractivity contribution in [3.05, 3.63) is 54.0 Å². The van der Waals surface area contributed by atoms with Gasteiger partial charge >= 0.3 is 0 Å². The Morgan fingerprint density at radius 2 is 1.94 bits per heavy atom. The summed E-state index contributed by atoms with van der Waals surface area (Å²) in [5.74, 6) is 1.37. The molecule has 2 aromatic heterocycles. The van der Waals surface area contributed by atoms with E-state index in [0.717, 1.165) is 73.8 Å². The van der Waals surface area contributed by atoms with Crippen molar-refractivity contribution < 1.29 is 0 Å². The summed E-state index contributed by atoms with van der Waals surface area (Å²) in [5.41, 5.74) is 3.65. The molecule has 8 nitrogen and oxygen atoms in total. The van der Waals surface area contributed by atoms with Crippen LogP contribution < -0.4 is 20.4 Å². The minimum atomic E-state index is 0.361. The number of nitriles is 1. The minimum Gasteiger partial charge on any atom is -0.369 e. The molecule has 3 aromatic rings. The number of piperidine rings is 1. The van der Waals surface area contributed by atoms with E-state index >= 15 is 0 Å². The van der Waals surface area contributed by atoms with Crippen molar-refractivity contribution in [2.45, 2.75) is 38.9 Å². The van der Waals surface area contributed by atoms with Crippen molar-refractivity contribution in [1.82, 2.24) is 25.6 Å². The van der Waals surface area contributed by atoms with Gasteiger partial charge in [0.15, 0.2) is 0 Å². The topological polar surface area (TPSA) is 93.0 Å². The zero-order chi connectivity index (χ0) is 23.5. The summed E-state index contributed by atoms with van der Waals surface area (Å²) < 4.78 is 0. The molecule has 0 unspecified atom stereocenters. The van der Waals surface area contributed by atoms with Crippen LogP contribution in [0.2, 0.25) is 0 Å². The molecule has 176 valence electrons. The highest BCUT2D eigenvalue weighted by Gasteiger charge is 2.26. The van der Waals surface area contributed by atoms with Crippen LogP contribution in [0, 0.1) is 17.2 Å². The molecule has 5 rings (SSSR count). The van der Waals surface area contributed by atoms with Gasteiger partial charge in [0.05, 0.1) is 11.1 Å². The fourth-order valence-electron chi connectivity index (χ4n) is 5.20. The molecule has 34 heavy (non-hydrogen) atoms. The number of hydrogen-bond acceptors (Lipinski definition) is 8. The first-order valence-corrected chi connectivity index (χ1v) is 12.2. The van der Waals surface area contributed by atoms with Crippen LogP contribution in [-0.4, -0.2) is 59.8 Å². The van der Waals surface area contributed by atoms with E-state index in [9.17, 15) is 5.26 Å². The molecular formula is C26H32N8. The summed E-state index contributed by atoms with van der Waals surface area (Å²) in [7, 11) is 0. The van der Waals surface area contributed by atoms with E-state index in [-0.39, 0.29) is 0 Å². The molecule has 0 radical (unpaired) electrons. The van der Waals surface area contributed by atoms with Gasteiger partial charge in [-0.05, 0) is 43.5 Å². The number of benzene rings is 1. The summed E-state index contributed by atoms with van der Waals surface area (Å²) >= 11 is 0.